The van der Waals surface area contributed by atoms with Crippen molar-refractivity contribution < 1.29 is 0 Å². The predicted molar refractivity (Wildman–Crippen MR) is 143 cm³/mol. The van der Waals surface area contributed by atoms with Crippen LogP contribution in [0.15, 0.2) is 109 Å². The van der Waals surface area contributed by atoms with E-state index in [0.717, 1.165) is 16.8 Å². The van der Waals surface area contributed by atoms with E-state index in [9.17, 15) is 0 Å². The molecule has 0 aliphatic heterocycles. The standard InChI is InChI=1S/C32H24N2/c1-21-16-31(34-20-22(21)2)26-11-6-9-24(18-26)23-8-5-10-25(17-23)30-19-32-29(14-7-15-33-32)27-12-3-4-13-28(27)30/h3-20H,1-2H3. The molecule has 2 heterocycles. The number of benzene rings is 4. The van der Waals surface area contributed by atoms with Crippen LogP contribution in [0, 0.1) is 13.8 Å². The molecule has 2 heteroatoms. The van der Waals surface area contributed by atoms with Crippen LogP contribution in [-0.4, -0.2) is 9.97 Å². The summed E-state index contributed by atoms with van der Waals surface area (Å²) < 4.78 is 0. The van der Waals surface area contributed by atoms with Gasteiger partial charge in [-0.2, -0.15) is 0 Å². The van der Waals surface area contributed by atoms with E-state index in [-0.39, 0.29) is 0 Å². The number of rotatable bonds is 3. The first kappa shape index (κ1) is 20.3. The molecule has 0 amide bonds. The lowest BCUT2D eigenvalue weighted by atomic mass is 9.92. The molecule has 0 bridgehead atoms. The van der Waals surface area contributed by atoms with Crippen LogP contribution in [0.1, 0.15) is 11.1 Å². The van der Waals surface area contributed by atoms with Crippen molar-refractivity contribution >= 4 is 21.7 Å². The van der Waals surface area contributed by atoms with Gasteiger partial charge >= 0.3 is 0 Å². The summed E-state index contributed by atoms with van der Waals surface area (Å²) in [5.74, 6) is 0. The highest BCUT2D eigenvalue weighted by Crippen LogP contribution is 2.36. The first-order valence-corrected chi connectivity index (χ1v) is 11.6. The molecule has 0 aliphatic rings. The molecule has 162 valence electrons. The Morgan fingerprint density at radius 1 is 0.500 bits per heavy atom. The van der Waals surface area contributed by atoms with Crippen LogP contribution in [0.25, 0.3) is 55.2 Å². The van der Waals surface area contributed by atoms with Crippen molar-refractivity contribution in [3.05, 3.63) is 121 Å². The molecule has 4 aromatic carbocycles. The lowest BCUT2D eigenvalue weighted by Crippen LogP contribution is -1.89. The number of aryl methyl sites for hydroxylation is 2. The third-order valence-corrected chi connectivity index (χ3v) is 6.66. The maximum atomic E-state index is 4.67. The van der Waals surface area contributed by atoms with E-state index in [1.54, 1.807) is 0 Å². The van der Waals surface area contributed by atoms with Gasteiger partial charge in [0.1, 0.15) is 0 Å². The normalized spacial score (nSPS) is 11.2. The highest BCUT2D eigenvalue weighted by Gasteiger charge is 2.10. The van der Waals surface area contributed by atoms with Gasteiger partial charge < -0.3 is 0 Å². The summed E-state index contributed by atoms with van der Waals surface area (Å²) in [5, 5.41) is 3.66. The fraction of sp³-hybridized carbons (Fsp3) is 0.0625. The molecule has 0 fully saturated rings. The van der Waals surface area contributed by atoms with E-state index in [4.69, 9.17) is 0 Å². The van der Waals surface area contributed by atoms with Gasteiger partial charge in [0.2, 0.25) is 0 Å². The zero-order valence-electron chi connectivity index (χ0n) is 19.3. The lowest BCUT2D eigenvalue weighted by Gasteiger charge is -2.12. The summed E-state index contributed by atoms with van der Waals surface area (Å²) in [4.78, 5) is 9.31. The van der Waals surface area contributed by atoms with Crippen LogP contribution >= 0.6 is 0 Å². The minimum atomic E-state index is 1.01. The van der Waals surface area contributed by atoms with Crippen LogP contribution in [0.5, 0.6) is 0 Å². The second kappa shape index (κ2) is 8.24. The van der Waals surface area contributed by atoms with Gasteiger partial charge in [0.05, 0.1) is 11.2 Å². The molecule has 6 rings (SSSR count). The van der Waals surface area contributed by atoms with Crippen molar-refractivity contribution in [1.29, 1.82) is 0 Å². The Labute approximate surface area is 199 Å². The molecule has 0 unspecified atom stereocenters. The zero-order chi connectivity index (χ0) is 23.1. The smallest absolute Gasteiger partial charge is 0.0714 e. The molecular formula is C32H24N2. The Bertz CT molecular complexity index is 1680. The summed E-state index contributed by atoms with van der Waals surface area (Å²) in [5.41, 5.74) is 10.4. The number of fused-ring (bicyclic) bond motifs is 3. The molecule has 0 aliphatic carbocycles. The zero-order valence-corrected chi connectivity index (χ0v) is 19.3. The molecule has 0 saturated carbocycles. The quantitative estimate of drug-likeness (QED) is 0.260. The Balaban J connectivity index is 1.48. The van der Waals surface area contributed by atoms with Gasteiger partial charge in [-0.05, 0) is 88.3 Å². The minimum absolute atomic E-state index is 1.01. The average molecular weight is 437 g/mol. The van der Waals surface area contributed by atoms with Gasteiger partial charge in [0.25, 0.3) is 0 Å². The highest BCUT2D eigenvalue weighted by atomic mass is 14.7. The first-order valence-electron chi connectivity index (χ1n) is 11.6. The van der Waals surface area contributed by atoms with Crippen molar-refractivity contribution in [2.24, 2.45) is 0 Å². The third-order valence-electron chi connectivity index (χ3n) is 6.66. The molecule has 34 heavy (non-hydrogen) atoms. The second-order valence-corrected chi connectivity index (χ2v) is 8.86. The Morgan fingerprint density at radius 2 is 1.18 bits per heavy atom. The number of nitrogens with zero attached hydrogens (tertiary/aromatic N) is 2. The predicted octanol–water partition coefficient (Wildman–Crippen LogP) is 8.40. The number of pyridine rings is 2. The van der Waals surface area contributed by atoms with Gasteiger partial charge in [-0.1, -0.05) is 66.7 Å². The van der Waals surface area contributed by atoms with Gasteiger partial charge in [0, 0.05) is 23.3 Å². The SMILES string of the molecule is Cc1cnc(-c2cccc(-c3cccc(-c4cc5ncccc5c5ccccc45)c3)c2)cc1C. The van der Waals surface area contributed by atoms with Crippen LogP contribution in [-0.2, 0) is 0 Å². The summed E-state index contributed by atoms with van der Waals surface area (Å²) in [6, 6.07) is 34.6. The molecule has 0 spiro atoms. The summed E-state index contributed by atoms with van der Waals surface area (Å²) in [6.07, 6.45) is 3.82. The Morgan fingerprint density at radius 3 is 1.97 bits per heavy atom. The molecule has 0 saturated heterocycles. The summed E-state index contributed by atoms with van der Waals surface area (Å²) >= 11 is 0. The molecule has 2 nitrogen and oxygen atoms in total. The molecule has 0 radical (unpaired) electrons. The topological polar surface area (TPSA) is 25.8 Å². The van der Waals surface area contributed by atoms with E-state index in [1.165, 1.54) is 49.5 Å². The van der Waals surface area contributed by atoms with E-state index >= 15 is 0 Å². The fourth-order valence-corrected chi connectivity index (χ4v) is 4.67. The average Bonchev–Trinajstić information content (AvgIpc) is 2.90. The maximum absolute atomic E-state index is 4.67. The van der Waals surface area contributed by atoms with Crippen LogP contribution in [0.4, 0.5) is 0 Å². The van der Waals surface area contributed by atoms with Crippen LogP contribution < -0.4 is 0 Å². The largest absolute Gasteiger partial charge is 0.256 e. The van der Waals surface area contributed by atoms with E-state index < -0.39 is 0 Å². The maximum Gasteiger partial charge on any atom is 0.0714 e. The third kappa shape index (κ3) is 3.54. The van der Waals surface area contributed by atoms with Gasteiger partial charge in [-0.15, -0.1) is 0 Å². The Hall–Kier alpha value is -4.30. The van der Waals surface area contributed by atoms with E-state index in [1.807, 2.05) is 18.5 Å². The van der Waals surface area contributed by atoms with Crippen molar-refractivity contribution in [2.75, 3.05) is 0 Å². The number of hydrogen-bond acceptors (Lipinski definition) is 2. The summed E-state index contributed by atoms with van der Waals surface area (Å²) in [6.45, 7) is 4.23. The van der Waals surface area contributed by atoms with Gasteiger partial charge in [0.15, 0.2) is 0 Å². The molecule has 6 aromatic rings. The highest BCUT2D eigenvalue weighted by molar-refractivity contribution is 6.12. The number of hydrogen-bond donors (Lipinski definition) is 0. The molecular weight excluding hydrogens is 412 g/mol. The van der Waals surface area contributed by atoms with E-state index in [0.29, 0.717) is 0 Å². The summed E-state index contributed by atoms with van der Waals surface area (Å²) in [7, 11) is 0. The van der Waals surface area contributed by atoms with Crippen molar-refractivity contribution in [1.82, 2.24) is 9.97 Å². The van der Waals surface area contributed by atoms with Gasteiger partial charge in [-0.25, -0.2) is 0 Å². The fourth-order valence-electron chi connectivity index (χ4n) is 4.67. The lowest BCUT2D eigenvalue weighted by molar-refractivity contribution is 1.22. The first-order chi connectivity index (χ1) is 16.7. The van der Waals surface area contributed by atoms with Crippen molar-refractivity contribution in [3.63, 3.8) is 0 Å². The van der Waals surface area contributed by atoms with Crippen LogP contribution in [0.3, 0.4) is 0 Å². The van der Waals surface area contributed by atoms with Crippen molar-refractivity contribution in [3.8, 4) is 33.5 Å². The molecule has 0 atom stereocenters. The second-order valence-electron chi connectivity index (χ2n) is 8.86. The Kier molecular flexibility index (Phi) is 4.92. The molecule has 2 aromatic heterocycles. The minimum Gasteiger partial charge on any atom is -0.256 e. The molecule has 0 N–H and O–H groups in total. The van der Waals surface area contributed by atoms with Gasteiger partial charge in [-0.3, -0.25) is 9.97 Å². The number of aromatic nitrogens is 2. The van der Waals surface area contributed by atoms with Crippen molar-refractivity contribution in [2.45, 2.75) is 13.8 Å². The van der Waals surface area contributed by atoms with Crippen LogP contribution in [0.2, 0.25) is 0 Å². The monoisotopic (exact) mass is 436 g/mol. The van der Waals surface area contributed by atoms with E-state index in [2.05, 4.69) is 115 Å².